The van der Waals surface area contributed by atoms with Gasteiger partial charge in [-0.1, -0.05) is 50.0 Å². The van der Waals surface area contributed by atoms with Crippen molar-refractivity contribution >= 4 is 0 Å². The van der Waals surface area contributed by atoms with Crippen LogP contribution in [0.15, 0.2) is 23.8 Å². The Bertz CT molecular complexity index is 168. The molecule has 14 heavy (non-hydrogen) atoms. The molecule has 0 aliphatic rings. The average Bonchev–Trinajstić information content (AvgIpc) is 2.17. The largest absolute Gasteiger partial charge is 0.392 e. The van der Waals surface area contributed by atoms with Gasteiger partial charge in [0.2, 0.25) is 0 Å². The fraction of sp³-hybridized carbons (Fsp3) is 0.692. The summed E-state index contributed by atoms with van der Waals surface area (Å²) in [6, 6.07) is 0. The van der Waals surface area contributed by atoms with E-state index in [9.17, 15) is 0 Å². The minimum Gasteiger partial charge on any atom is -0.392 e. The molecule has 0 aliphatic carbocycles. The van der Waals surface area contributed by atoms with E-state index in [1.165, 1.54) is 37.7 Å². The molecule has 0 aromatic heterocycles. The lowest BCUT2D eigenvalue weighted by atomic mass is 10.1. The lowest BCUT2D eigenvalue weighted by molar-refractivity contribution is 0.341. The molecule has 1 nitrogen and oxygen atoms in total. The van der Waals surface area contributed by atoms with Crippen LogP contribution in [0.5, 0.6) is 0 Å². The van der Waals surface area contributed by atoms with Gasteiger partial charge in [0.15, 0.2) is 0 Å². The van der Waals surface area contributed by atoms with Gasteiger partial charge in [0, 0.05) is 0 Å². The lowest BCUT2D eigenvalue weighted by Gasteiger charge is -1.95. The molecule has 0 bridgehead atoms. The van der Waals surface area contributed by atoms with Crippen LogP contribution < -0.4 is 0 Å². The zero-order valence-corrected chi connectivity index (χ0v) is 9.63. The van der Waals surface area contributed by atoms with Crippen molar-refractivity contribution in [2.75, 3.05) is 6.61 Å². The Balaban J connectivity index is 3.31. The Morgan fingerprint density at radius 1 is 1.14 bits per heavy atom. The topological polar surface area (TPSA) is 20.2 Å². The van der Waals surface area contributed by atoms with Crippen molar-refractivity contribution in [3.05, 3.63) is 23.8 Å². The third-order valence-electron chi connectivity index (χ3n) is 2.27. The molecule has 1 N–H and O–H groups in total. The van der Waals surface area contributed by atoms with Crippen molar-refractivity contribution in [2.45, 2.75) is 52.4 Å². The highest BCUT2D eigenvalue weighted by Crippen LogP contribution is 2.05. The minimum absolute atomic E-state index is 0.163. The summed E-state index contributed by atoms with van der Waals surface area (Å²) in [5.41, 5.74) is 1.25. The van der Waals surface area contributed by atoms with Gasteiger partial charge in [-0.05, 0) is 26.2 Å². The van der Waals surface area contributed by atoms with Crippen molar-refractivity contribution in [2.24, 2.45) is 0 Å². The molecule has 82 valence electrons. The van der Waals surface area contributed by atoms with Crippen LogP contribution in [0.25, 0.3) is 0 Å². The third kappa shape index (κ3) is 9.53. The van der Waals surface area contributed by atoms with Gasteiger partial charge in [0.05, 0.1) is 6.61 Å². The average molecular weight is 196 g/mol. The highest BCUT2D eigenvalue weighted by molar-refractivity contribution is 5.04. The van der Waals surface area contributed by atoms with E-state index in [0.29, 0.717) is 0 Å². The fourth-order valence-corrected chi connectivity index (χ4v) is 1.32. The first-order valence-electron chi connectivity index (χ1n) is 5.72. The number of aliphatic hydroxyl groups is 1. The molecule has 0 fully saturated rings. The van der Waals surface area contributed by atoms with Gasteiger partial charge in [-0.15, -0.1) is 0 Å². The Morgan fingerprint density at radius 3 is 2.57 bits per heavy atom. The summed E-state index contributed by atoms with van der Waals surface area (Å²) in [6.45, 7) is 4.45. The second-order valence-electron chi connectivity index (χ2n) is 3.76. The molecule has 0 aromatic carbocycles. The van der Waals surface area contributed by atoms with E-state index in [1.54, 1.807) is 0 Å². The summed E-state index contributed by atoms with van der Waals surface area (Å²) >= 11 is 0. The summed E-state index contributed by atoms with van der Waals surface area (Å²) in [4.78, 5) is 0. The van der Waals surface area contributed by atoms with E-state index >= 15 is 0 Å². The Hall–Kier alpha value is -0.560. The van der Waals surface area contributed by atoms with E-state index in [4.69, 9.17) is 5.11 Å². The molecule has 0 aromatic rings. The van der Waals surface area contributed by atoms with Gasteiger partial charge in [0.1, 0.15) is 0 Å². The number of hydrogen-bond donors (Lipinski definition) is 1. The summed E-state index contributed by atoms with van der Waals surface area (Å²) < 4.78 is 0. The maximum Gasteiger partial charge on any atom is 0.0615 e. The molecular weight excluding hydrogens is 172 g/mol. The van der Waals surface area contributed by atoms with Crippen molar-refractivity contribution in [1.29, 1.82) is 0 Å². The first kappa shape index (κ1) is 13.4. The maximum atomic E-state index is 8.64. The summed E-state index contributed by atoms with van der Waals surface area (Å²) in [7, 11) is 0. The molecule has 0 saturated heterocycles. The number of rotatable bonds is 8. The number of hydrogen-bond acceptors (Lipinski definition) is 1. The van der Waals surface area contributed by atoms with Crippen LogP contribution in [0.2, 0.25) is 0 Å². The SMILES string of the molecule is CCCCCCC=CCC(C)=CCO. The monoisotopic (exact) mass is 196 g/mol. The summed E-state index contributed by atoms with van der Waals surface area (Å²) in [5.74, 6) is 0. The first-order chi connectivity index (χ1) is 6.81. The third-order valence-corrected chi connectivity index (χ3v) is 2.27. The van der Waals surface area contributed by atoms with E-state index in [1.807, 2.05) is 6.08 Å². The van der Waals surface area contributed by atoms with Gasteiger partial charge in [-0.25, -0.2) is 0 Å². The standard InChI is InChI=1S/C13H24O/c1-3-4-5-6-7-8-9-10-13(2)11-12-14/h8-9,11,14H,3-7,10,12H2,1-2H3. The number of allylic oxidation sites excluding steroid dienone is 3. The van der Waals surface area contributed by atoms with Crippen LogP contribution in [0.4, 0.5) is 0 Å². The second kappa shape index (κ2) is 10.5. The molecule has 0 aliphatic heterocycles. The zero-order valence-electron chi connectivity index (χ0n) is 9.63. The molecule has 0 radical (unpaired) electrons. The van der Waals surface area contributed by atoms with Crippen LogP contribution in [0, 0.1) is 0 Å². The summed E-state index contributed by atoms with van der Waals surface area (Å²) in [6.07, 6.45) is 13.8. The highest BCUT2D eigenvalue weighted by Gasteiger charge is 1.86. The van der Waals surface area contributed by atoms with Gasteiger partial charge in [-0.2, -0.15) is 0 Å². The van der Waals surface area contributed by atoms with Gasteiger partial charge in [0.25, 0.3) is 0 Å². The predicted molar refractivity (Wildman–Crippen MR) is 63.4 cm³/mol. The number of aliphatic hydroxyl groups excluding tert-OH is 1. The first-order valence-corrected chi connectivity index (χ1v) is 5.72. The van der Waals surface area contributed by atoms with Crippen LogP contribution in [0.1, 0.15) is 52.4 Å². The van der Waals surface area contributed by atoms with E-state index in [2.05, 4.69) is 26.0 Å². The van der Waals surface area contributed by atoms with Crippen LogP contribution >= 0.6 is 0 Å². The molecule has 0 rings (SSSR count). The normalized spacial score (nSPS) is 12.6. The van der Waals surface area contributed by atoms with Crippen LogP contribution in [0.3, 0.4) is 0 Å². The highest BCUT2D eigenvalue weighted by atomic mass is 16.2. The van der Waals surface area contributed by atoms with E-state index in [-0.39, 0.29) is 6.61 Å². The zero-order chi connectivity index (χ0) is 10.6. The van der Waals surface area contributed by atoms with Crippen molar-refractivity contribution < 1.29 is 5.11 Å². The second-order valence-corrected chi connectivity index (χ2v) is 3.76. The van der Waals surface area contributed by atoms with Gasteiger partial charge < -0.3 is 5.11 Å². The summed E-state index contributed by atoms with van der Waals surface area (Å²) in [5, 5.41) is 8.64. The molecule has 0 heterocycles. The smallest absolute Gasteiger partial charge is 0.0615 e. The maximum absolute atomic E-state index is 8.64. The minimum atomic E-state index is 0.163. The molecule has 0 saturated carbocycles. The Kier molecular flexibility index (Phi) is 10.1. The van der Waals surface area contributed by atoms with Crippen LogP contribution in [-0.2, 0) is 0 Å². The molecule has 1 heteroatoms. The van der Waals surface area contributed by atoms with Crippen LogP contribution in [-0.4, -0.2) is 11.7 Å². The Morgan fingerprint density at radius 2 is 1.93 bits per heavy atom. The lowest BCUT2D eigenvalue weighted by Crippen LogP contribution is -1.78. The molecular formula is C13H24O. The van der Waals surface area contributed by atoms with Gasteiger partial charge >= 0.3 is 0 Å². The molecule has 0 amide bonds. The van der Waals surface area contributed by atoms with Crippen molar-refractivity contribution in [3.63, 3.8) is 0 Å². The predicted octanol–water partition coefficient (Wildman–Crippen LogP) is 3.84. The molecule has 0 atom stereocenters. The van der Waals surface area contributed by atoms with Gasteiger partial charge in [-0.3, -0.25) is 0 Å². The van der Waals surface area contributed by atoms with E-state index < -0.39 is 0 Å². The molecule has 0 unspecified atom stereocenters. The molecule has 0 spiro atoms. The fourth-order valence-electron chi connectivity index (χ4n) is 1.32. The quantitative estimate of drug-likeness (QED) is 0.462. The van der Waals surface area contributed by atoms with Crippen molar-refractivity contribution in [3.8, 4) is 0 Å². The van der Waals surface area contributed by atoms with Crippen molar-refractivity contribution in [1.82, 2.24) is 0 Å². The van der Waals surface area contributed by atoms with E-state index in [0.717, 1.165) is 6.42 Å². The Labute approximate surface area is 88.5 Å². The number of unbranched alkanes of at least 4 members (excludes halogenated alkanes) is 4.